The molecule has 2 rings (SSSR count). The molecule has 1 aliphatic rings. The van der Waals surface area contributed by atoms with Crippen molar-refractivity contribution in [3.8, 4) is 0 Å². The largest absolute Gasteiger partial charge is 0.381 e. The van der Waals surface area contributed by atoms with Crippen molar-refractivity contribution >= 4 is 0 Å². The Kier molecular flexibility index (Phi) is 3.69. The van der Waals surface area contributed by atoms with Crippen LogP contribution in [0, 0.1) is 12.8 Å². The topological polar surface area (TPSA) is 34.2 Å². The zero-order valence-electron chi connectivity index (χ0n) is 9.20. The van der Waals surface area contributed by atoms with Crippen molar-refractivity contribution in [2.24, 2.45) is 5.92 Å². The maximum Gasteiger partial charge on any atom is 0.0507 e. The molecule has 1 fully saturated rings. The van der Waals surface area contributed by atoms with E-state index < -0.39 is 0 Å². The lowest BCUT2D eigenvalue weighted by Gasteiger charge is -2.09. The smallest absolute Gasteiger partial charge is 0.0507 e. The van der Waals surface area contributed by atoms with Gasteiger partial charge >= 0.3 is 0 Å². The molecule has 0 saturated carbocycles. The van der Waals surface area contributed by atoms with Crippen LogP contribution in [0.2, 0.25) is 0 Å². The lowest BCUT2D eigenvalue weighted by molar-refractivity contribution is 0.185. The van der Waals surface area contributed by atoms with Crippen molar-refractivity contribution in [2.75, 3.05) is 19.8 Å². The lowest BCUT2D eigenvalue weighted by atomic mass is 10.1. The van der Waals surface area contributed by atoms with E-state index in [1.54, 1.807) is 0 Å². The van der Waals surface area contributed by atoms with Crippen molar-refractivity contribution in [1.82, 2.24) is 10.3 Å². The number of nitrogens with one attached hydrogen (secondary N) is 1. The first-order valence-electron chi connectivity index (χ1n) is 5.53. The maximum absolute atomic E-state index is 5.33. The highest BCUT2D eigenvalue weighted by atomic mass is 16.5. The molecule has 1 aliphatic heterocycles. The van der Waals surface area contributed by atoms with Crippen LogP contribution in [0.15, 0.2) is 18.5 Å². The standard InChI is InChI=1S/C12H18N2O/c1-10-4-12(7-13-5-10)8-14-6-11-2-3-15-9-11/h4-5,7,11,14H,2-3,6,8-9H2,1H3. The lowest BCUT2D eigenvalue weighted by Crippen LogP contribution is -2.22. The molecule has 1 saturated heterocycles. The Morgan fingerprint density at radius 3 is 3.20 bits per heavy atom. The van der Waals surface area contributed by atoms with Gasteiger partial charge < -0.3 is 10.1 Å². The first-order valence-corrected chi connectivity index (χ1v) is 5.53. The molecule has 1 aromatic heterocycles. The molecule has 0 amide bonds. The minimum Gasteiger partial charge on any atom is -0.381 e. The maximum atomic E-state index is 5.33. The number of hydrogen-bond acceptors (Lipinski definition) is 3. The molecule has 0 bridgehead atoms. The molecule has 1 atom stereocenters. The van der Waals surface area contributed by atoms with Gasteiger partial charge in [0.2, 0.25) is 0 Å². The van der Waals surface area contributed by atoms with Crippen LogP contribution < -0.4 is 5.32 Å². The average Bonchev–Trinajstić information content (AvgIpc) is 2.71. The Balaban J connectivity index is 1.73. The molecule has 0 spiro atoms. The number of hydrogen-bond donors (Lipinski definition) is 1. The van der Waals surface area contributed by atoms with E-state index in [4.69, 9.17) is 4.74 Å². The Hall–Kier alpha value is -0.930. The highest BCUT2D eigenvalue weighted by Crippen LogP contribution is 2.10. The molecule has 0 aromatic carbocycles. The normalized spacial score (nSPS) is 20.7. The average molecular weight is 206 g/mol. The highest BCUT2D eigenvalue weighted by molar-refractivity contribution is 5.16. The van der Waals surface area contributed by atoms with Gasteiger partial charge in [-0.15, -0.1) is 0 Å². The second-order valence-electron chi connectivity index (χ2n) is 4.23. The number of nitrogens with zero attached hydrogens (tertiary/aromatic N) is 1. The van der Waals surface area contributed by atoms with Gasteiger partial charge in [-0.25, -0.2) is 0 Å². The van der Waals surface area contributed by atoms with Gasteiger partial charge in [0.15, 0.2) is 0 Å². The molecule has 1 aromatic rings. The third kappa shape index (κ3) is 3.29. The van der Waals surface area contributed by atoms with Gasteiger partial charge in [-0.3, -0.25) is 4.98 Å². The van der Waals surface area contributed by atoms with E-state index in [1.807, 2.05) is 12.4 Å². The van der Waals surface area contributed by atoms with Crippen molar-refractivity contribution < 1.29 is 4.74 Å². The van der Waals surface area contributed by atoms with Crippen molar-refractivity contribution in [2.45, 2.75) is 19.9 Å². The molecule has 0 radical (unpaired) electrons. The molecule has 1 N–H and O–H groups in total. The summed E-state index contributed by atoms with van der Waals surface area (Å²) in [4.78, 5) is 4.17. The van der Waals surface area contributed by atoms with Crippen LogP contribution in [0.5, 0.6) is 0 Å². The predicted octanol–water partition coefficient (Wildman–Crippen LogP) is 1.52. The molecular formula is C12H18N2O. The van der Waals surface area contributed by atoms with Crippen LogP contribution in [0.25, 0.3) is 0 Å². The molecule has 0 aliphatic carbocycles. The van der Waals surface area contributed by atoms with Gasteiger partial charge in [0.05, 0.1) is 6.61 Å². The van der Waals surface area contributed by atoms with Crippen molar-refractivity contribution in [3.05, 3.63) is 29.6 Å². The number of aromatic nitrogens is 1. The van der Waals surface area contributed by atoms with Crippen LogP contribution in [-0.2, 0) is 11.3 Å². The monoisotopic (exact) mass is 206 g/mol. The summed E-state index contributed by atoms with van der Waals surface area (Å²) >= 11 is 0. The van der Waals surface area contributed by atoms with Crippen LogP contribution in [-0.4, -0.2) is 24.7 Å². The Bertz CT molecular complexity index is 308. The van der Waals surface area contributed by atoms with E-state index in [0.717, 1.165) is 26.3 Å². The summed E-state index contributed by atoms with van der Waals surface area (Å²) in [5, 5.41) is 3.45. The second-order valence-corrected chi connectivity index (χ2v) is 4.23. The highest BCUT2D eigenvalue weighted by Gasteiger charge is 2.14. The van der Waals surface area contributed by atoms with E-state index in [2.05, 4.69) is 23.3 Å². The number of aryl methyl sites for hydroxylation is 1. The van der Waals surface area contributed by atoms with Crippen LogP contribution in [0.4, 0.5) is 0 Å². The van der Waals surface area contributed by atoms with Crippen molar-refractivity contribution in [3.63, 3.8) is 0 Å². The van der Waals surface area contributed by atoms with Crippen molar-refractivity contribution in [1.29, 1.82) is 0 Å². The fraction of sp³-hybridized carbons (Fsp3) is 0.583. The summed E-state index contributed by atoms with van der Waals surface area (Å²) in [6.07, 6.45) is 5.00. The first kappa shape index (κ1) is 10.6. The van der Waals surface area contributed by atoms with E-state index >= 15 is 0 Å². The number of pyridine rings is 1. The zero-order valence-corrected chi connectivity index (χ0v) is 9.20. The second kappa shape index (κ2) is 5.24. The van der Waals surface area contributed by atoms with Crippen LogP contribution in [0.1, 0.15) is 17.5 Å². The van der Waals surface area contributed by atoms with Crippen LogP contribution >= 0.6 is 0 Å². The third-order valence-corrected chi connectivity index (χ3v) is 2.72. The Morgan fingerprint density at radius 2 is 2.47 bits per heavy atom. The summed E-state index contributed by atoms with van der Waals surface area (Å²) in [5.74, 6) is 0.697. The Morgan fingerprint density at radius 1 is 1.53 bits per heavy atom. The fourth-order valence-electron chi connectivity index (χ4n) is 1.88. The first-order chi connectivity index (χ1) is 7.34. The summed E-state index contributed by atoms with van der Waals surface area (Å²) in [5.41, 5.74) is 2.48. The van der Waals surface area contributed by atoms with Crippen LogP contribution in [0.3, 0.4) is 0 Å². The predicted molar refractivity (Wildman–Crippen MR) is 59.6 cm³/mol. The molecule has 82 valence electrons. The zero-order chi connectivity index (χ0) is 10.5. The van der Waals surface area contributed by atoms with E-state index in [1.165, 1.54) is 17.5 Å². The van der Waals surface area contributed by atoms with E-state index in [-0.39, 0.29) is 0 Å². The number of rotatable bonds is 4. The van der Waals surface area contributed by atoms with Gasteiger partial charge in [0.1, 0.15) is 0 Å². The SMILES string of the molecule is Cc1cncc(CNCC2CCOC2)c1. The van der Waals surface area contributed by atoms with E-state index in [9.17, 15) is 0 Å². The Labute approximate surface area is 90.9 Å². The van der Waals surface area contributed by atoms with E-state index in [0.29, 0.717) is 5.92 Å². The summed E-state index contributed by atoms with van der Waals surface area (Å²) in [6.45, 7) is 5.87. The third-order valence-electron chi connectivity index (χ3n) is 2.72. The minimum absolute atomic E-state index is 0.697. The molecule has 3 heteroatoms. The van der Waals surface area contributed by atoms with Gasteiger partial charge in [0.25, 0.3) is 0 Å². The molecule has 1 unspecified atom stereocenters. The molecule has 2 heterocycles. The summed E-state index contributed by atoms with van der Waals surface area (Å²) in [6, 6.07) is 2.17. The van der Waals surface area contributed by atoms with Gasteiger partial charge in [-0.05, 0) is 30.4 Å². The molecular weight excluding hydrogens is 188 g/mol. The fourth-order valence-corrected chi connectivity index (χ4v) is 1.88. The summed E-state index contributed by atoms with van der Waals surface area (Å²) < 4.78 is 5.33. The number of ether oxygens (including phenoxy) is 1. The van der Waals surface area contributed by atoms with Gasteiger partial charge in [0, 0.05) is 32.1 Å². The summed E-state index contributed by atoms with van der Waals surface area (Å²) in [7, 11) is 0. The molecule has 15 heavy (non-hydrogen) atoms. The van der Waals surface area contributed by atoms with Gasteiger partial charge in [-0.2, -0.15) is 0 Å². The van der Waals surface area contributed by atoms with Gasteiger partial charge in [-0.1, -0.05) is 6.07 Å². The minimum atomic E-state index is 0.697. The molecule has 3 nitrogen and oxygen atoms in total. The quantitative estimate of drug-likeness (QED) is 0.811.